The van der Waals surface area contributed by atoms with Gasteiger partial charge in [0.2, 0.25) is 0 Å². The van der Waals surface area contributed by atoms with Gasteiger partial charge in [-0.05, 0) is 80.8 Å². The first-order valence-electron chi connectivity index (χ1n) is 21.4. The van der Waals surface area contributed by atoms with Crippen LogP contribution in [0.5, 0.6) is 0 Å². The Morgan fingerprint density at radius 2 is 1.59 bits per heavy atom. The van der Waals surface area contributed by atoms with Gasteiger partial charge in [0.05, 0.1) is 67.5 Å². The Morgan fingerprint density at radius 3 is 2.19 bits per heavy atom. The van der Waals surface area contributed by atoms with Crippen LogP contribution in [0.1, 0.15) is 94.9 Å². The summed E-state index contributed by atoms with van der Waals surface area (Å²) in [5, 5.41) is 51.5. The fourth-order valence-electron chi connectivity index (χ4n) is 10.0. The fraction of sp³-hybridized carbons (Fsp3) is 0.976. The largest absolute Gasteiger partial charge is 0.459 e. The normalized spacial score (nSPS) is 48.7. The number of esters is 1. The summed E-state index contributed by atoms with van der Waals surface area (Å²) in [6, 6.07) is -0.593. The van der Waals surface area contributed by atoms with E-state index in [-0.39, 0.29) is 55.9 Å². The number of nitrogens with one attached hydrogen (secondary N) is 1. The van der Waals surface area contributed by atoms with Crippen molar-refractivity contribution in [3.63, 3.8) is 0 Å². The third kappa shape index (κ3) is 11.1. The highest BCUT2D eigenvalue weighted by molar-refractivity contribution is 5.73. The first-order chi connectivity index (χ1) is 27.0. The number of likely N-dealkylation sites (N-methyl/N-ethyl adjacent to an activating group) is 1. The van der Waals surface area contributed by atoms with Gasteiger partial charge in [-0.1, -0.05) is 27.7 Å². The number of aliphatic hydroxyl groups is 4. The Bertz CT molecular complexity index is 1290. The molecule has 0 saturated carbocycles. The number of hydrogen-bond donors (Lipinski definition) is 5. The first kappa shape index (κ1) is 49.6. The minimum atomic E-state index is -1.64. The van der Waals surface area contributed by atoms with Gasteiger partial charge in [-0.15, -0.1) is 0 Å². The molecule has 2 bridgehead atoms. The van der Waals surface area contributed by atoms with Gasteiger partial charge in [-0.2, -0.15) is 0 Å². The molecule has 340 valence electrons. The highest BCUT2D eigenvalue weighted by Crippen LogP contribution is 2.43. The van der Waals surface area contributed by atoms with Crippen LogP contribution in [-0.4, -0.2) is 176 Å². The summed E-state index contributed by atoms with van der Waals surface area (Å²) in [4.78, 5) is 16.4. The van der Waals surface area contributed by atoms with Crippen LogP contribution in [0.15, 0.2) is 0 Å². The molecule has 4 aliphatic heterocycles. The lowest BCUT2D eigenvalue weighted by molar-refractivity contribution is -0.318. The lowest BCUT2D eigenvalue weighted by atomic mass is 9.71. The van der Waals surface area contributed by atoms with E-state index in [1.165, 1.54) is 7.11 Å². The highest BCUT2D eigenvalue weighted by Gasteiger charge is 2.55. The molecule has 16 heteroatoms. The molecule has 0 aromatic rings. The molecular formula is C42H78N2O14. The topological polar surface area (TPSA) is 196 Å². The second kappa shape index (κ2) is 20.4. The van der Waals surface area contributed by atoms with E-state index >= 15 is 0 Å². The standard InChI is InChI=1S/C42H78N2O14/c1-15-29-42(10,49)37-24(4)32(43-30(56-37)21-52-17-16-50-13)22(2)19-40(8,48)36(58-39-33(45)28(44(11)12)18-23(3)53-39)25(5)34(26(6)38(47)55-29)57-31-20-41(9,51-14)35(46)27(7)54-31/h22-37,39,43,45-46,48-49H,15-21H2,1-14H3/t22-,23-,24+,25+,26-,27+,28+,29-,30+,31+,32+,33-,34+,35+,36-,37-,39+,40-,41-,42-/m1/s1. The maximum atomic E-state index is 14.5. The number of aliphatic hydroxyl groups excluding tert-OH is 2. The van der Waals surface area contributed by atoms with E-state index in [0.717, 1.165) is 0 Å². The molecule has 0 unspecified atom stereocenters. The molecule has 0 radical (unpaired) electrons. The van der Waals surface area contributed by atoms with Gasteiger partial charge in [0, 0.05) is 44.6 Å². The van der Waals surface area contributed by atoms with E-state index < -0.39 is 96.1 Å². The zero-order valence-electron chi connectivity index (χ0n) is 37.6. The van der Waals surface area contributed by atoms with Gasteiger partial charge in [-0.3, -0.25) is 10.1 Å². The van der Waals surface area contributed by atoms with E-state index in [0.29, 0.717) is 19.6 Å². The van der Waals surface area contributed by atoms with Crippen molar-refractivity contribution in [2.75, 3.05) is 48.1 Å². The summed E-state index contributed by atoms with van der Waals surface area (Å²) < 4.78 is 55.7. The third-order valence-corrected chi connectivity index (χ3v) is 13.5. The van der Waals surface area contributed by atoms with Gasteiger partial charge in [0.15, 0.2) is 12.6 Å². The minimum absolute atomic E-state index is 0.137. The summed E-state index contributed by atoms with van der Waals surface area (Å²) in [6.07, 6.45) is -8.29. The van der Waals surface area contributed by atoms with Crippen LogP contribution in [0.3, 0.4) is 0 Å². The van der Waals surface area contributed by atoms with Crippen LogP contribution in [0.25, 0.3) is 0 Å². The van der Waals surface area contributed by atoms with Crippen LogP contribution < -0.4 is 5.32 Å². The molecule has 16 nitrogen and oxygen atoms in total. The molecular weight excluding hydrogens is 756 g/mol. The number of hydrogen-bond acceptors (Lipinski definition) is 16. The molecule has 4 heterocycles. The molecule has 20 atom stereocenters. The van der Waals surface area contributed by atoms with Crippen molar-refractivity contribution in [3.8, 4) is 0 Å². The van der Waals surface area contributed by atoms with E-state index in [1.54, 1.807) is 41.7 Å². The molecule has 0 amide bonds. The van der Waals surface area contributed by atoms with Gasteiger partial charge in [-0.25, -0.2) is 0 Å². The van der Waals surface area contributed by atoms with Crippen LogP contribution in [-0.2, 0) is 47.4 Å². The van der Waals surface area contributed by atoms with E-state index in [4.69, 9.17) is 42.6 Å². The van der Waals surface area contributed by atoms with Crippen LogP contribution >= 0.6 is 0 Å². The number of ether oxygens (including phenoxy) is 9. The monoisotopic (exact) mass is 835 g/mol. The SMILES string of the molecule is CC[C@H]1OC(=O)[C@H](C)[C@@H](O[C@H]2C[C@@](C)(OC)[C@@H](O)[C@H](C)O2)[C@H](C)[C@@H](O[C@@H]2O[C@H](C)C[C@H](N(C)C)[C@H]2O)[C@](C)(O)C[C@@H](C)[C@@H]2N[C@H](COCCOC)O[C@H]([C@H]2C)[C@]1(C)O. The zero-order chi connectivity index (χ0) is 43.5. The molecule has 5 N–H and O–H groups in total. The molecule has 4 rings (SSSR count). The van der Waals surface area contributed by atoms with Gasteiger partial charge < -0.3 is 68.0 Å². The van der Waals surface area contributed by atoms with Crippen molar-refractivity contribution in [2.24, 2.45) is 23.7 Å². The number of methoxy groups -OCH3 is 2. The molecule has 4 saturated heterocycles. The van der Waals surface area contributed by atoms with Crippen molar-refractivity contribution in [1.29, 1.82) is 0 Å². The molecule has 0 spiro atoms. The van der Waals surface area contributed by atoms with E-state index in [1.807, 2.05) is 53.6 Å². The molecule has 4 fully saturated rings. The Morgan fingerprint density at radius 1 is 0.914 bits per heavy atom. The summed E-state index contributed by atoms with van der Waals surface area (Å²) in [5.41, 5.74) is -4.27. The predicted molar refractivity (Wildman–Crippen MR) is 214 cm³/mol. The lowest BCUT2D eigenvalue weighted by Gasteiger charge is -2.52. The predicted octanol–water partition coefficient (Wildman–Crippen LogP) is 2.20. The van der Waals surface area contributed by atoms with Crippen molar-refractivity contribution >= 4 is 5.97 Å². The Labute approximate surface area is 346 Å². The minimum Gasteiger partial charge on any atom is -0.459 e. The second-order valence-corrected chi connectivity index (χ2v) is 18.6. The highest BCUT2D eigenvalue weighted by atomic mass is 16.7. The summed E-state index contributed by atoms with van der Waals surface area (Å²) >= 11 is 0. The van der Waals surface area contributed by atoms with Gasteiger partial charge >= 0.3 is 5.97 Å². The van der Waals surface area contributed by atoms with Crippen molar-refractivity contribution in [1.82, 2.24) is 10.2 Å². The van der Waals surface area contributed by atoms with Crippen LogP contribution in [0.4, 0.5) is 0 Å². The summed E-state index contributed by atoms with van der Waals surface area (Å²) in [5.74, 6) is -2.95. The molecule has 0 aliphatic carbocycles. The maximum absolute atomic E-state index is 14.5. The number of cyclic esters (lactones) is 1. The zero-order valence-corrected chi connectivity index (χ0v) is 37.6. The Balaban J connectivity index is 1.83. The van der Waals surface area contributed by atoms with Gasteiger partial charge in [0.1, 0.15) is 30.1 Å². The lowest BCUT2D eigenvalue weighted by Crippen LogP contribution is -2.67. The van der Waals surface area contributed by atoms with E-state index in [9.17, 15) is 25.2 Å². The third-order valence-electron chi connectivity index (χ3n) is 13.5. The Hall–Kier alpha value is -1.09. The van der Waals surface area contributed by atoms with Crippen molar-refractivity contribution < 1.29 is 67.9 Å². The molecule has 0 aromatic carbocycles. The summed E-state index contributed by atoms with van der Waals surface area (Å²) in [6.45, 7) is 19.1. The van der Waals surface area contributed by atoms with Crippen LogP contribution in [0, 0.1) is 23.7 Å². The number of carbonyl (C=O) groups excluding carboxylic acids is 1. The average Bonchev–Trinajstić information content (AvgIpc) is 3.15. The van der Waals surface area contributed by atoms with Gasteiger partial charge in [0.25, 0.3) is 0 Å². The molecule has 58 heavy (non-hydrogen) atoms. The number of fused-ring (bicyclic) bond motifs is 2. The molecule has 4 aliphatic rings. The number of carbonyl (C=O) groups is 1. The second-order valence-electron chi connectivity index (χ2n) is 18.6. The quantitative estimate of drug-likeness (QED) is 0.142. The first-order valence-corrected chi connectivity index (χ1v) is 21.4. The Kier molecular flexibility index (Phi) is 17.4. The fourth-order valence-corrected chi connectivity index (χ4v) is 10.0. The van der Waals surface area contributed by atoms with E-state index in [2.05, 4.69) is 5.32 Å². The molecule has 0 aromatic heterocycles. The number of rotatable bonds is 12. The summed E-state index contributed by atoms with van der Waals surface area (Å²) in [7, 11) is 6.90. The van der Waals surface area contributed by atoms with Crippen molar-refractivity contribution in [2.45, 2.75) is 191 Å². The number of nitrogens with zero attached hydrogens (tertiary/aromatic N) is 1. The average molecular weight is 835 g/mol. The smallest absolute Gasteiger partial charge is 0.311 e. The van der Waals surface area contributed by atoms with Crippen LogP contribution in [0.2, 0.25) is 0 Å². The maximum Gasteiger partial charge on any atom is 0.311 e. The van der Waals surface area contributed by atoms with Crippen molar-refractivity contribution in [3.05, 3.63) is 0 Å².